The van der Waals surface area contributed by atoms with E-state index in [0.29, 0.717) is 12.3 Å². The molecule has 0 aromatic heterocycles. The van der Waals surface area contributed by atoms with Gasteiger partial charge in [0.1, 0.15) is 5.75 Å². The molecule has 0 atom stereocenters. The first-order valence-electron chi connectivity index (χ1n) is 9.86. The molecule has 0 bridgehead atoms. The van der Waals surface area contributed by atoms with Crippen LogP contribution in [0.3, 0.4) is 0 Å². The van der Waals surface area contributed by atoms with E-state index in [4.69, 9.17) is 4.74 Å². The first-order chi connectivity index (χ1) is 13.1. The molecule has 1 saturated heterocycles. The van der Waals surface area contributed by atoms with Gasteiger partial charge in [0, 0.05) is 32.7 Å². The third-order valence-electron chi connectivity index (χ3n) is 4.84. The minimum Gasteiger partial charge on any atom is -0.493 e. The molecule has 1 aliphatic heterocycles. The highest BCUT2D eigenvalue weighted by Crippen LogP contribution is 2.16. The fourth-order valence-electron chi connectivity index (χ4n) is 3.25. The summed E-state index contributed by atoms with van der Waals surface area (Å²) in [7, 11) is 0. The van der Waals surface area contributed by atoms with Crippen molar-refractivity contribution in [1.82, 2.24) is 9.80 Å². The van der Waals surface area contributed by atoms with Gasteiger partial charge in [-0.15, -0.1) is 0 Å². The molecule has 3 rings (SSSR count). The number of piperazine rings is 1. The zero-order chi connectivity index (χ0) is 19.1. The Morgan fingerprint density at radius 2 is 1.59 bits per heavy atom. The molecule has 2 aromatic rings. The predicted molar refractivity (Wildman–Crippen MR) is 109 cm³/mol. The van der Waals surface area contributed by atoms with Gasteiger partial charge in [-0.1, -0.05) is 56.3 Å². The van der Waals surface area contributed by atoms with Gasteiger partial charge in [-0.3, -0.25) is 9.69 Å². The van der Waals surface area contributed by atoms with E-state index in [0.717, 1.165) is 50.6 Å². The van der Waals surface area contributed by atoms with E-state index in [9.17, 15) is 4.79 Å². The summed E-state index contributed by atoms with van der Waals surface area (Å²) in [6.45, 7) is 9.43. The fraction of sp³-hybridized carbons (Fsp3) is 0.435. The molecule has 144 valence electrons. The SMILES string of the molecule is CC(C)COc1ccc(CN2CCN(C(=O)Cc3ccccc3)CC2)cc1. The van der Waals surface area contributed by atoms with E-state index in [2.05, 4.69) is 43.0 Å². The van der Waals surface area contributed by atoms with Gasteiger partial charge in [-0.2, -0.15) is 0 Å². The van der Waals surface area contributed by atoms with Gasteiger partial charge in [0.25, 0.3) is 0 Å². The van der Waals surface area contributed by atoms with Crippen molar-refractivity contribution in [2.24, 2.45) is 5.92 Å². The summed E-state index contributed by atoms with van der Waals surface area (Å²) < 4.78 is 5.74. The zero-order valence-electron chi connectivity index (χ0n) is 16.4. The number of carbonyl (C=O) groups excluding carboxylic acids is 1. The minimum absolute atomic E-state index is 0.229. The maximum atomic E-state index is 12.5. The molecule has 1 aliphatic rings. The van der Waals surface area contributed by atoms with E-state index in [1.807, 2.05) is 35.2 Å². The monoisotopic (exact) mass is 366 g/mol. The number of carbonyl (C=O) groups is 1. The molecule has 0 aliphatic carbocycles. The topological polar surface area (TPSA) is 32.8 Å². The van der Waals surface area contributed by atoms with Crippen LogP contribution in [-0.4, -0.2) is 48.5 Å². The predicted octanol–water partition coefficient (Wildman–Crippen LogP) is 3.61. The van der Waals surface area contributed by atoms with Crippen LogP contribution in [0.5, 0.6) is 5.75 Å². The quantitative estimate of drug-likeness (QED) is 0.750. The Bertz CT molecular complexity index is 705. The molecule has 0 spiro atoms. The molecule has 0 unspecified atom stereocenters. The van der Waals surface area contributed by atoms with Crippen LogP contribution in [0, 0.1) is 5.92 Å². The summed E-state index contributed by atoms with van der Waals surface area (Å²) in [5, 5.41) is 0. The Kier molecular flexibility index (Phi) is 6.88. The highest BCUT2D eigenvalue weighted by Gasteiger charge is 2.21. The number of hydrogen-bond donors (Lipinski definition) is 0. The number of hydrogen-bond acceptors (Lipinski definition) is 3. The normalized spacial score (nSPS) is 15.1. The second kappa shape index (κ2) is 9.56. The van der Waals surface area contributed by atoms with Crippen molar-refractivity contribution in [2.45, 2.75) is 26.8 Å². The Labute approximate surface area is 162 Å². The maximum absolute atomic E-state index is 12.5. The molecule has 4 heteroatoms. The molecule has 4 nitrogen and oxygen atoms in total. The van der Waals surface area contributed by atoms with Crippen LogP contribution in [0.2, 0.25) is 0 Å². The maximum Gasteiger partial charge on any atom is 0.227 e. The lowest BCUT2D eigenvalue weighted by atomic mass is 10.1. The van der Waals surface area contributed by atoms with Gasteiger partial charge in [0.05, 0.1) is 13.0 Å². The largest absolute Gasteiger partial charge is 0.493 e. The molecular weight excluding hydrogens is 336 g/mol. The lowest BCUT2D eigenvalue weighted by Gasteiger charge is -2.35. The van der Waals surface area contributed by atoms with Crippen molar-refractivity contribution >= 4 is 5.91 Å². The van der Waals surface area contributed by atoms with Crippen LogP contribution >= 0.6 is 0 Å². The average molecular weight is 367 g/mol. The van der Waals surface area contributed by atoms with Crippen LogP contribution in [0.25, 0.3) is 0 Å². The smallest absolute Gasteiger partial charge is 0.227 e. The van der Waals surface area contributed by atoms with Crippen molar-refractivity contribution < 1.29 is 9.53 Å². The molecule has 2 aromatic carbocycles. The summed E-state index contributed by atoms with van der Waals surface area (Å²) in [4.78, 5) is 16.9. The molecule has 1 amide bonds. The Morgan fingerprint density at radius 3 is 2.22 bits per heavy atom. The second-order valence-electron chi connectivity index (χ2n) is 7.67. The van der Waals surface area contributed by atoms with Crippen molar-refractivity contribution in [3.8, 4) is 5.75 Å². The highest BCUT2D eigenvalue weighted by molar-refractivity contribution is 5.78. The van der Waals surface area contributed by atoms with Crippen LogP contribution in [0.1, 0.15) is 25.0 Å². The third-order valence-corrected chi connectivity index (χ3v) is 4.84. The number of ether oxygens (including phenoxy) is 1. The van der Waals surface area contributed by atoms with Gasteiger partial charge in [-0.05, 0) is 29.2 Å². The van der Waals surface area contributed by atoms with Crippen molar-refractivity contribution in [3.05, 3.63) is 65.7 Å². The molecular formula is C23H30N2O2. The minimum atomic E-state index is 0.229. The summed E-state index contributed by atoms with van der Waals surface area (Å²) in [6.07, 6.45) is 0.499. The van der Waals surface area contributed by atoms with Crippen molar-refractivity contribution in [3.63, 3.8) is 0 Å². The van der Waals surface area contributed by atoms with E-state index in [1.165, 1.54) is 5.56 Å². The highest BCUT2D eigenvalue weighted by atomic mass is 16.5. The first kappa shape index (κ1) is 19.4. The van der Waals surface area contributed by atoms with Gasteiger partial charge in [0.15, 0.2) is 0 Å². The van der Waals surface area contributed by atoms with E-state index in [-0.39, 0.29) is 5.91 Å². The summed E-state index contributed by atoms with van der Waals surface area (Å²) in [5.41, 5.74) is 2.38. The van der Waals surface area contributed by atoms with Gasteiger partial charge in [-0.25, -0.2) is 0 Å². The van der Waals surface area contributed by atoms with Crippen molar-refractivity contribution in [1.29, 1.82) is 0 Å². The number of nitrogens with zero attached hydrogens (tertiary/aromatic N) is 2. The molecule has 0 N–H and O–H groups in total. The lowest BCUT2D eigenvalue weighted by Crippen LogP contribution is -2.48. The zero-order valence-corrected chi connectivity index (χ0v) is 16.4. The van der Waals surface area contributed by atoms with Crippen LogP contribution in [0.15, 0.2) is 54.6 Å². The van der Waals surface area contributed by atoms with Gasteiger partial charge >= 0.3 is 0 Å². The van der Waals surface area contributed by atoms with Crippen LogP contribution < -0.4 is 4.74 Å². The van der Waals surface area contributed by atoms with Gasteiger partial charge < -0.3 is 9.64 Å². The molecule has 27 heavy (non-hydrogen) atoms. The number of benzene rings is 2. The molecule has 1 fully saturated rings. The van der Waals surface area contributed by atoms with E-state index < -0.39 is 0 Å². The Hall–Kier alpha value is -2.33. The van der Waals surface area contributed by atoms with Crippen molar-refractivity contribution in [2.75, 3.05) is 32.8 Å². The molecule has 0 radical (unpaired) electrons. The second-order valence-corrected chi connectivity index (χ2v) is 7.67. The number of amides is 1. The third kappa shape index (κ3) is 6.10. The van der Waals surface area contributed by atoms with E-state index in [1.54, 1.807) is 0 Å². The average Bonchev–Trinajstić information content (AvgIpc) is 2.69. The summed E-state index contributed by atoms with van der Waals surface area (Å²) >= 11 is 0. The number of rotatable bonds is 7. The fourth-order valence-corrected chi connectivity index (χ4v) is 3.25. The summed E-state index contributed by atoms with van der Waals surface area (Å²) in [5.74, 6) is 1.70. The Balaban J connectivity index is 1.43. The summed E-state index contributed by atoms with van der Waals surface area (Å²) in [6, 6.07) is 18.4. The van der Waals surface area contributed by atoms with Crippen LogP contribution in [-0.2, 0) is 17.8 Å². The molecule has 1 heterocycles. The Morgan fingerprint density at radius 1 is 0.926 bits per heavy atom. The van der Waals surface area contributed by atoms with Crippen LogP contribution in [0.4, 0.5) is 0 Å². The molecule has 0 saturated carbocycles. The van der Waals surface area contributed by atoms with E-state index >= 15 is 0 Å². The van der Waals surface area contributed by atoms with Gasteiger partial charge in [0.2, 0.25) is 5.91 Å². The standard InChI is InChI=1S/C23H30N2O2/c1-19(2)18-27-22-10-8-21(9-11-22)17-24-12-14-25(15-13-24)23(26)16-20-6-4-3-5-7-20/h3-11,19H,12-18H2,1-2H3. The first-order valence-corrected chi connectivity index (χ1v) is 9.86. The lowest BCUT2D eigenvalue weighted by molar-refractivity contribution is -0.132.